The number of rotatable bonds is 2. The van der Waals surface area contributed by atoms with Crippen molar-refractivity contribution in [2.75, 3.05) is 6.67 Å². The van der Waals surface area contributed by atoms with E-state index in [4.69, 9.17) is 23.2 Å². The SMILES string of the molecule is C[C](CF)c1cc(Cl)cc(Cl)c1. The molecule has 0 N–H and O–H groups in total. The number of hydrogen-bond donors (Lipinski definition) is 0. The largest absolute Gasteiger partial charge is 0.250 e. The van der Waals surface area contributed by atoms with E-state index < -0.39 is 6.67 Å². The fraction of sp³-hybridized carbons (Fsp3) is 0.222. The van der Waals surface area contributed by atoms with Gasteiger partial charge in [-0.1, -0.05) is 30.1 Å². The Kier molecular flexibility index (Phi) is 3.36. The maximum absolute atomic E-state index is 12.2. The van der Waals surface area contributed by atoms with E-state index in [1.165, 1.54) is 0 Å². The Morgan fingerprint density at radius 1 is 1.25 bits per heavy atom. The summed E-state index contributed by atoms with van der Waals surface area (Å²) in [4.78, 5) is 0. The second kappa shape index (κ2) is 4.11. The summed E-state index contributed by atoms with van der Waals surface area (Å²) in [6.45, 7) is 1.23. The topological polar surface area (TPSA) is 0 Å². The monoisotopic (exact) mass is 205 g/mol. The summed E-state index contributed by atoms with van der Waals surface area (Å²) in [6, 6.07) is 5.02. The number of alkyl halides is 1. The van der Waals surface area contributed by atoms with Crippen molar-refractivity contribution < 1.29 is 4.39 Å². The van der Waals surface area contributed by atoms with Crippen molar-refractivity contribution in [2.24, 2.45) is 0 Å². The molecule has 0 aliphatic heterocycles. The summed E-state index contributed by atoms with van der Waals surface area (Å²) in [5.41, 5.74) is 0.759. The Balaban J connectivity index is 3.00. The Bertz CT molecular complexity index is 253. The van der Waals surface area contributed by atoms with Gasteiger partial charge in [-0.25, -0.2) is 0 Å². The molecule has 0 saturated heterocycles. The molecule has 1 aromatic rings. The van der Waals surface area contributed by atoms with E-state index in [0.717, 1.165) is 5.56 Å². The van der Waals surface area contributed by atoms with Crippen molar-refractivity contribution in [3.8, 4) is 0 Å². The van der Waals surface area contributed by atoms with E-state index >= 15 is 0 Å². The van der Waals surface area contributed by atoms with Gasteiger partial charge in [0, 0.05) is 16.0 Å². The van der Waals surface area contributed by atoms with Crippen LogP contribution in [0.1, 0.15) is 12.5 Å². The minimum absolute atomic E-state index is 0.476. The van der Waals surface area contributed by atoms with Gasteiger partial charge in [-0.15, -0.1) is 0 Å². The predicted molar refractivity (Wildman–Crippen MR) is 50.5 cm³/mol. The maximum Gasteiger partial charge on any atom is 0.0997 e. The Morgan fingerprint density at radius 3 is 2.17 bits per heavy atom. The fourth-order valence-electron chi connectivity index (χ4n) is 0.877. The molecule has 0 atom stereocenters. The van der Waals surface area contributed by atoms with Crippen LogP contribution in [0.5, 0.6) is 0 Å². The van der Waals surface area contributed by atoms with Crippen LogP contribution >= 0.6 is 23.2 Å². The first-order chi connectivity index (χ1) is 5.63. The van der Waals surface area contributed by atoms with Crippen molar-refractivity contribution in [2.45, 2.75) is 6.92 Å². The highest BCUT2D eigenvalue weighted by molar-refractivity contribution is 6.34. The third kappa shape index (κ3) is 2.36. The molecule has 0 aliphatic carbocycles. The maximum atomic E-state index is 12.2. The second-order valence-electron chi connectivity index (χ2n) is 2.57. The van der Waals surface area contributed by atoms with Gasteiger partial charge in [-0.05, 0) is 23.8 Å². The molecule has 0 heterocycles. The van der Waals surface area contributed by atoms with E-state index in [-0.39, 0.29) is 0 Å². The number of hydrogen-bond acceptors (Lipinski definition) is 0. The molecule has 65 valence electrons. The summed E-state index contributed by atoms with van der Waals surface area (Å²) < 4.78 is 12.2. The molecule has 3 heteroatoms. The number of benzene rings is 1. The quantitative estimate of drug-likeness (QED) is 0.688. The van der Waals surface area contributed by atoms with Crippen LogP contribution in [0.4, 0.5) is 4.39 Å². The normalized spacial score (nSPS) is 10.8. The first-order valence-corrected chi connectivity index (χ1v) is 4.24. The average molecular weight is 206 g/mol. The van der Waals surface area contributed by atoms with E-state index in [9.17, 15) is 4.39 Å². The van der Waals surface area contributed by atoms with Gasteiger partial charge >= 0.3 is 0 Å². The van der Waals surface area contributed by atoms with Gasteiger partial charge < -0.3 is 0 Å². The smallest absolute Gasteiger partial charge is 0.0997 e. The standard InChI is InChI=1S/C9H8Cl2F/c1-6(5-12)7-2-8(10)4-9(11)3-7/h2-4H,5H2,1H3. The van der Waals surface area contributed by atoms with Gasteiger partial charge in [0.05, 0.1) is 6.67 Å². The van der Waals surface area contributed by atoms with E-state index in [2.05, 4.69) is 0 Å². The van der Waals surface area contributed by atoms with Crippen molar-refractivity contribution in [1.82, 2.24) is 0 Å². The van der Waals surface area contributed by atoms with Gasteiger partial charge in [0.15, 0.2) is 0 Å². The van der Waals surface area contributed by atoms with E-state index in [0.29, 0.717) is 16.0 Å². The molecule has 0 aromatic heterocycles. The summed E-state index contributed by atoms with van der Waals surface area (Å²) in [6.07, 6.45) is 0. The van der Waals surface area contributed by atoms with Crippen LogP contribution in [-0.2, 0) is 0 Å². The molecular weight excluding hydrogens is 198 g/mol. The molecule has 12 heavy (non-hydrogen) atoms. The third-order valence-corrected chi connectivity index (χ3v) is 1.99. The van der Waals surface area contributed by atoms with Crippen LogP contribution in [0.2, 0.25) is 10.0 Å². The van der Waals surface area contributed by atoms with Gasteiger partial charge in [0.2, 0.25) is 0 Å². The molecule has 0 spiro atoms. The lowest BCUT2D eigenvalue weighted by atomic mass is 10.0. The van der Waals surface area contributed by atoms with E-state index in [1.54, 1.807) is 25.1 Å². The Hall–Kier alpha value is -0.270. The molecule has 1 aromatic carbocycles. The lowest BCUT2D eigenvalue weighted by Crippen LogP contribution is -1.95. The molecule has 0 aliphatic rings. The summed E-state index contributed by atoms with van der Waals surface area (Å²) in [7, 11) is 0. The molecule has 0 unspecified atom stereocenters. The van der Waals surface area contributed by atoms with Crippen LogP contribution in [0.25, 0.3) is 0 Å². The fourth-order valence-corrected chi connectivity index (χ4v) is 1.40. The summed E-state index contributed by atoms with van der Waals surface area (Å²) >= 11 is 11.5. The molecule has 0 amide bonds. The molecule has 0 bridgehead atoms. The van der Waals surface area contributed by atoms with Crippen molar-refractivity contribution >= 4 is 23.2 Å². The number of halogens is 3. The first kappa shape index (κ1) is 9.82. The molecular formula is C9H8Cl2F. The van der Waals surface area contributed by atoms with Crippen molar-refractivity contribution in [3.63, 3.8) is 0 Å². The molecule has 0 nitrogen and oxygen atoms in total. The minimum Gasteiger partial charge on any atom is -0.250 e. The molecule has 1 radical (unpaired) electrons. The van der Waals surface area contributed by atoms with Gasteiger partial charge in [0.25, 0.3) is 0 Å². The highest BCUT2D eigenvalue weighted by atomic mass is 35.5. The van der Waals surface area contributed by atoms with E-state index in [1.807, 2.05) is 0 Å². The zero-order valence-electron chi connectivity index (χ0n) is 6.57. The van der Waals surface area contributed by atoms with Crippen LogP contribution in [0.3, 0.4) is 0 Å². The highest BCUT2D eigenvalue weighted by Gasteiger charge is 2.06. The lowest BCUT2D eigenvalue weighted by Gasteiger charge is -2.06. The Labute approximate surface area is 81.3 Å². The summed E-state index contributed by atoms with van der Waals surface area (Å²) in [5.74, 6) is 0.638. The summed E-state index contributed by atoms with van der Waals surface area (Å²) in [5, 5.41) is 1.07. The zero-order chi connectivity index (χ0) is 9.14. The van der Waals surface area contributed by atoms with Crippen molar-refractivity contribution in [3.05, 3.63) is 39.7 Å². The van der Waals surface area contributed by atoms with Crippen molar-refractivity contribution in [1.29, 1.82) is 0 Å². The predicted octanol–water partition coefficient (Wildman–Crippen LogP) is 3.91. The average Bonchev–Trinajstić information content (AvgIpc) is 2.01. The molecule has 0 fully saturated rings. The Morgan fingerprint density at radius 2 is 1.75 bits per heavy atom. The van der Waals surface area contributed by atoms with Gasteiger partial charge in [0.1, 0.15) is 0 Å². The zero-order valence-corrected chi connectivity index (χ0v) is 8.08. The third-order valence-electron chi connectivity index (χ3n) is 1.56. The minimum atomic E-state index is -0.476. The lowest BCUT2D eigenvalue weighted by molar-refractivity contribution is 0.516. The van der Waals surface area contributed by atoms with Crippen LogP contribution in [-0.4, -0.2) is 6.67 Å². The highest BCUT2D eigenvalue weighted by Crippen LogP contribution is 2.24. The van der Waals surface area contributed by atoms with Gasteiger partial charge in [-0.3, -0.25) is 4.39 Å². The van der Waals surface area contributed by atoms with Gasteiger partial charge in [-0.2, -0.15) is 0 Å². The van der Waals surface area contributed by atoms with Crippen LogP contribution in [0, 0.1) is 5.92 Å². The first-order valence-electron chi connectivity index (χ1n) is 3.48. The second-order valence-corrected chi connectivity index (χ2v) is 3.44. The van der Waals surface area contributed by atoms with Crippen LogP contribution < -0.4 is 0 Å². The van der Waals surface area contributed by atoms with Crippen LogP contribution in [0.15, 0.2) is 18.2 Å². The molecule has 0 saturated carbocycles. The molecule has 1 rings (SSSR count).